The topological polar surface area (TPSA) is 450 Å². The number of nitrogens with zero attached hydrogens (tertiary/aromatic N) is 8. The van der Waals surface area contributed by atoms with Gasteiger partial charge >= 0.3 is 28.3 Å². The average molecular weight is 1310 g/mol. The Morgan fingerprint density at radius 3 is 2.29 bits per heavy atom. The van der Waals surface area contributed by atoms with Crippen molar-refractivity contribution in [2.75, 3.05) is 82.3 Å². The van der Waals surface area contributed by atoms with Crippen LogP contribution in [0.2, 0.25) is 0 Å². The predicted molar refractivity (Wildman–Crippen MR) is 340 cm³/mol. The Balaban J connectivity index is 0.000000212. The lowest BCUT2D eigenvalue weighted by molar-refractivity contribution is -0.201. The number of likely N-dealkylation sites (N-methyl/N-ethyl adjacent to an activating group) is 1. The molecule has 1 saturated carbocycles. The molecule has 8 heterocycles. The molecule has 2 amide bonds. The number of para-hydroxylation sites is 1. The number of carbonyl (C=O) groups excluding carboxylic acids is 3. The molecule has 11 atom stereocenters. The van der Waals surface area contributed by atoms with Crippen LogP contribution < -0.4 is 37.1 Å². The molecule has 6 aliphatic rings. The van der Waals surface area contributed by atoms with Crippen molar-refractivity contribution in [2.45, 2.75) is 118 Å². The molecular formula is C63H79N13O16S. The number of rotatable bonds is 15. The van der Waals surface area contributed by atoms with Crippen molar-refractivity contribution >= 4 is 85.3 Å². The number of nitrogen functional groups attached to an aromatic ring is 2. The van der Waals surface area contributed by atoms with Gasteiger partial charge in [0.25, 0.3) is 11.8 Å². The molecule has 1 spiro atoms. The summed E-state index contributed by atoms with van der Waals surface area (Å²) in [4.78, 5) is 92.0. The number of aliphatic hydroxyl groups is 3. The van der Waals surface area contributed by atoms with Crippen molar-refractivity contribution in [3.8, 4) is 5.75 Å². The molecule has 12 rings (SSSR count). The van der Waals surface area contributed by atoms with E-state index >= 15 is 4.79 Å². The number of aliphatic hydroxyl groups excluding tert-OH is 1. The summed E-state index contributed by atoms with van der Waals surface area (Å²) in [5.74, 6) is -3.91. The van der Waals surface area contributed by atoms with Crippen molar-refractivity contribution < 1.29 is 76.5 Å². The SMILES string of the molecule is CC[C@]1(O)C[C@H]2C[N@](CCc3c([nH]c4ccccc34)[C@@](C(=O)OC)(c3cc4c(cc3OC)N(C)[C@H]3[C@@](O)(C(N)=O)[C@H](O)[C@]5(CC)C=CCN6CC[C@]43[C@@H]65)C2)C1.CN(Cc1cnc2nc(N)nc(N)c2n1)c1ccc(C(=O)N[C@@H](CCC(=O)O)C(=O)O)cc1.O=S(=O)(O)O. The third-order valence-corrected chi connectivity index (χ3v) is 20.0. The lowest BCUT2D eigenvalue weighted by Crippen LogP contribution is -2.81. The lowest BCUT2D eigenvalue weighted by Gasteiger charge is -2.63. The first-order valence-electron chi connectivity index (χ1n) is 30.5. The van der Waals surface area contributed by atoms with E-state index in [1.807, 2.05) is 74.2 Å². The molecule has 0 unspecified atom stereocenters. The van der Waals surface area contributed by atoms with Crippen LogP contribution in [0.4, 0.5) is 23.1 Å². The number of carbonyl (C=O) groups is 5. The number of ether oxygens (including phenoxy) is 2. The highest BCUT2D eigenvalue weighted by Gasteiger charge is 2.78. The average Bonchev–Trinajstić information content (AvgIpc) is 1.51. The quantitative estimate of drug-likeness (QED) is 0.0399. The van der Waals surface area contributed by atoms with Gasteiger partial charge in [0.2, 0.25) is 5.95 Å². The van der Waals surface area contributed by atoms with Crippen LogP contribution in [0.1, 0.15) is 97.2 Å². The molecule has 30 heteroatoms. The molecular weight excluding hydrogens is 1230 g/mol. The summed E-state index contributed by atoms with van der Waals surface area (Å²) >= 11 is 0. The first kappa shape index (κ1) is 67.3. The van der Waals surface area contributed by atoms with Crippen LogP contribution in [0.15, 0.2) is 79.0 Å². The smallest absolute Gasteiger partial charge is 0.394 e. The number of carboxylic acids is 2. The molecule has 0 radical (unpaired) electrons. The molecule has 498 valence electrons. The van der Waals surface area contributed by atoms with Crippen molar-refractivity contribution in [2.24, 2.45) is 17.1 Å². The number of amides is 2. The zero-order valence-corrected chi connectivity index (χ0v) is 53.1. The third kappa shape index (κ3) is 11.9. The van der Waals surface area contributed by atoms with Crippen molar-refractivity contribution in [1.82, 2.24) is 40.0 Å². The number of esters is 1. The Kier molecular flexibility index (Phi) is 18.3. The Bertz CT molecular complexity index is 4060. The van der Waals surface area contributed by atoms with Crippen LogP contribution in [0.5, 0.6) is 5.75 Å². The van der Waals surface area contributed by atoms with Crippen LogP contribution in [-0.2, 0) is 58.1 Å². The van der Waals surface area contributed by atoms with Gasteiger partial charge in [0, 0.05) is 109 Å². The van der Waals surface area contributed by atoms with E-state index in [0.29, 0.717) is 92.9 Å². The fourth-order valence-electron chi connectivity index (χ4n) is 16.1. The number of anilines is 4. The molecule has 1 aliphatic carbocycles. The monoisotopic (exact) mass is 1310 g/mol. The van der Waals surface area contributed by atoms with Gasteiger partial charge in [-0.1, -0.05) is 44.2 Å². The number of fused-ring (bicyclic) bond motifs is 7. The molecule has 6 aromatic rings. The van der Waals surface area contributed by atoms with Gasteiger partial charge in [-0.3, -0.25) is 38.1 Å². The summed E-state index contributed by atoms with van der Waals surface area (Å²) in [6, 6.07) is 16.2. The van der Waals surface area contributed by atoms with Gasteiger partial charge in [0.15, 0.2) is 22.6 Å². The highest BCUT2D eigenvalue weighted by molar-refractivity contribution is 7.79. The summed E-state index contributed by atoms with van der Waals surface area (Å²) < 4.78 is 43.8. The number of primary amides is 1. The number of nitrogens with one attached hydrogen (secondary N) is 2. The predicted octanol–water partition coefficient (Wildman–Crippen LogP) is 2.35. The van der Waals surface area contributed by atoms with E-state index in [2.05, 4.69) is 52.2 Å². The Morgan fingerprint density at radius 2 is 1.65 bits per heavy atom. The number of methoxy groups -OCH3 is 2. The zero-order chi connectivity index (χ0) is 67.5. The number of piperidine rings is 1. The standard InChI is InChI=1S/C43H55N5O7.C20H22N8O5.H2O4S/c1-6-39(52)21-25-22-42(38(51)55-5,33-27(13-17-47(23-25)24-39)26-11-8-9-12-30(26)45-33)29-19-28-31(20-32(29)54-4)46(3)35-41(28)15-18-48-16-10-14-40(7-2,34(41)48)36(49)43(35,53)37(44)50;1-28(9-11-8-23-17-15(24-11)16(21)26-20(22)27-17)12-4-2-10(3-5-12)18(31)25-13(19(32)33)6-7-14(29)30;1-5(2,3)4/h8-12,14,19-20,25,34-36,45,49,52-53H,6-7,13,15-18,21-24H2,1-5H3,(H2,44,50);2-5,8,13H,6-7,9H2,1H3,(H,25,31)(H,29,30)(H,32,33)(H4,21,22,23,26,27);(H2,1,2,3,4)/t25-,34+,35-,36-,39+,40-,41-,42+,43+;13-;/m10./s1. The number of hydrogen-bond donors (Lipinski definition) is 12. The van der Waals surface area contributed by atoms with Crippen LogP contribution >= 0.6 is 0 Å². The number of H-pyrrole nitrogens is 1. The number of carboxylic acid groups (broad SMARTS) is 2. The van der Waals surface area contributed by atoms with Gasteiger partial charge in [-0.2, -0.15) is 18.4 Å². The van der Waals surface area contributed by atoms with Crippen LogP contribution in [0.25, 0.3) is 22.1 Å². The van der Waals surface area contributed by atoms with Crippen molar-refractivity contribution in [3.05, 3.63) is 113 Å². The van der Waals surface area contributed by atoms with Gasteiger partial charge in [-0.25, -0.2) is 14.8 Å². The highest BCUT2D eigenvalue weighted by Crippen LogP contribution is 2.67. The van der Waals surface area contributed by atoms with Crippen molar-refractivity contribution in [1.29, 1.82) is 0 Å². The Hall–Kier alpha value is -8.62. The van der Waals surface area contributed by atoms with E-state index in [-0.39, 0.29) is 42.1 Å². The van der Waals surface area contributed by atoms with E-state index in [9.17, 15) is 39.6 Å². The van der Waals surface area contributed by atoms with Crippen LogP contribution in [0, 0.1) is 11.3 Å². The second kappa shape index (κ2) is 25.4. The number of aromatic amines is 1. The number of benzene rings is 3. The van der Waals surface area contributed by atoms with E-state index < -0.39 is 85.8 Å². The maximum atomic E-state index is 15.2. The molecule has 93 heavy (non-hydrogen) atoms. The van der Waals surface area contributed by atoms with Gasteiger partial charge in [-0.05, 0) is 105 Å². The van der Waals surface area contributed by atoms with Crippen LogP contribution in [-0.4, -0.2) is 204 Å². The zero-order valence-electron chi connectivity index (χ0n) is 52.3. The van der Waals surface area contributed by atoms with E-state index in [1.165, 1.54) is 19.2 Å². The number of aliphatic carboxylic acids is 2. The summed E-state index contributed by atoms with van der Waals surface area (Å²) in [5.41, 5.74) is 18.4. The van der Waals surface area contributed by atoms with Gasteiger partial charge in [0.05, 0.1) is 44.3 Å². The van der Waals surface area contributed by atoms with Gasteiger partial charge in [0.1, 0.15) is 23.3 Å². The number of hydrogen-bond acceptors (Lipinski definition) is 22. The first-order valence-corrected chi connectivity index (χ1v) is 31.8. The van der Waals surface area contributed by atoms with Gasteiger partial charge in [-0.15, -0.1) is 0 Å². The lowest BCUT2D eigenvalue weighted by atomic mass is 9.47. The minimum absolute atomic E-state index is 0.0138. The van der Waals surface area contributed by atoms with E-state index in [1.54, 1.807) is 25.4 Å². The van der Waals surface area contributed by atoms with E-state index in [4.69, 9.17) is 49.3 Å². The summed E-state index contributed by atoms with van der Waals surface area (Å²) in [6.07, 6.45) is 6.74. The minimum Gasteiger partial charge on any atom is -0.496 e. The summed E-state index contributed by atoms with van der Waals surface area (Å²) in [6.45, 7) is 7.76. The highest BCUT2D eigenvalue weighted by atomic mass is 32.3. The minimum atomic E-state index is -4.67. The molecule has 5 aliphatic heterocycles. The Morgan fingerprint density at radius 1 is 0.935 bits per heavy atom. The number of aromatic nitrogens is 5. The summed E-state index contributed by atoms with van der Waals surface area (Å²) in [5, 5.41) is 58.2. The molecule has 29 nitrogen and oxygen atoms in total. The molecule has 3 aromatic carbocycles. The molecule has 3 aromatic heterocycles. The largest absolute Gasteiger partial charge is 0.496 e. The number of nitrogens with two attached hydrogens (primary N) is 3. The second-order valence-electron chi connectivity index (χ2n) is 25.1. The molecule has 3 fully saturated rings. The maximum absolute atomic E-state index is 15.2. The van der Waals surface area contributed by atoms with E-state index in [0.717, 1.165) is 52.2 Å². The first-order chi connectivity index (χ1) is 43.9. The molecule has 15 N–H and O–H groups in total. The normalized spacial score (nSPS) is 27.8. The summed E-state index contributed by atoms with van der Waals surface area (Å²) in [7, 11) is 2.04. The van der Waals surface area contributed by atoms with Crippen LogP contribution in [0.3, 0.4) is 0 Å². The van der Waals surface area contributed by atoms with Gasteiger partial charge < -0.3 is 72.3 Å². The fourth-order valence-corrected chi connectivity index (χ4v) is 16.1. The Labute approximate surface area is 535 Å². The third-order valence-electron chi connectivity index (χ3n) is 20.0. The maximum Gasteiger partial charge on any atom is 0.394 e. The fraction of sp³-hybridized carbons (Fsp3) is 0.476. The van der Waals surface area contributed by atoms with Crippen molar-refractivity contribution in [3.63, 3.8) is 0 Å². The molecule has 2 saturated heterocycles. The second-order valence-corrected chi connectivity index (χ2v) is 26.0. The molecule has 2 bridgehead atoms.